The molecule has 0 saturated carbocycles. The van der Waals surface area contributed by atoms with Crippen LogP contribution in [-0.2, 0) is 4.84 Å². The highest BCUT2D eigenvalue weighted by Gasteiger charge is 2.18. The van der Waals surface area contributed by atoms with Crippen LogP contribution in [0.2, 0.25) is 0 Å². The highest BCUT2D eigenvalue weighted by atomic mass is 16.7. The summed E-state index contributed by atoms with van der Waals surface area (Å²) in [4.78, 5) is 17.3. The van der Waals surface area contributed by atoms with Gasteiger partial charge in [-0.25, -0.2) is 5.06 Å². The van der Waals surface area contributed by atoms with Crippen LogP contribution < -0.4 is 0 Å². The summed E-state index contributed by atoms with van der Waals surface area (Å²) in [7, 11) is 0. The number of benzene rings is 1. The van der Waals surface area contributed by atoms with E-state index in [0.29, 0.717) is 18.7 Å². The molecule has 1 aliphatic rings. The molecule has 80 valence electrons. The van der Waals surface area contributed by atoms with Crippen molar-refractivity contribution >= 4 is 5.91 Å². The number of hydroxylamine groups is 2. The van der Waals surface area contributed by atoms with Crippen LogP contribution in [0.4, 0.5) is 0 Å². The number of carbonyl (C=O) groups excluding carboxylic acids is 1. The van der Waals surface area contributed by atoms with Gasteiger partial charge in [0.15, 0.2) is 0 Å². The second kappa shape index (κ2) is 4.45. The molecule has 1 saturated heterocycles. The van der Waals surface area contributed by atoms with Gasteiger partial charge in [-0.3, -0.25) is 9.63 Å². The topological polar surface area (TPSA) is 29.5 Å². The van der Waals surface area contributed by atoms with Crippen molar-refractivity contribution in [1.82, 2.24) is 5.06 Å². The van der Waals surface area contributed by atoms with Crippen LogP contribution in [0, 0.1) is 6.92 Å². The normalized spacial score (nSPS) is 16.5. The lowest BCUT2D eigenvalue weighted by Gasteiger charge is -2.25. The molecule has 0 atom stereocenters. The smallest absolute Gasteiger partial charge is 0.271 e. The lowest BCUT2D eigenvalue weighted by Crippen LogP contribution is -2.35. The zero-order valence-electron chi connectivity index (χ0n) is 8.90. The van der Waals surface area contributed by atoms with Gasteiger partial charge in [-0.1, -0.05) is 17.7 Å². The molecule has 0 N–H and O–H groups in total. The molecule has 1 aromatic rings. The molecule has 3 heteroatoms. The van der Waals surface area contributed by atoms with E-state index in [9.17, 15) is 4.79 Å². The summed E-state index contributed by atoms with van der Waals surface area (Å²) >= 11 is 0. The van der Waals surface area contributed by atoms with Crippen LogP contribution in [0.25, 0.3) is 0 Å². The average molecular weight is 205 g/mol. The number of rotatable bonds is 1. The van der Waals surface area contributed by atoms with E-state index in [0.717, 1.165) is 18.4 Å². The van der Waals surface area contributed by atoms with Crippen LogP contribution in [0.3, 0.4) is 0 Å². The Labute approximate surface area is 89.6 Å². The van der Waals surface area contributed by atoms with E-state index in [1.807, 2.05) is 31.2 Å². The van der Waals surface area contributed by atoms with Crippen LogP contribution in [0.1, 0.15) is 28.8 Å². The Balaban J connectivity index is 2.12. The van der Waals surface area contributed by atoms with Gasteiger partial charge in [-0.2, -0.15) is 0 Å². The molecule has 0 aromatic heterocycles. The van der Waals surface area contributed by atoms with Crippen molar-refractivity contribution in [1.29, 1.82) is 0 Å². The maximum Gasteiger partial charge on any atom is 0.277 e. The van der Waals surface area contributed by atoms with Crippen LogP contribution in [-0.4, -0.2) is 24.1 Å². The SMILES string of the molecule is Cc1cccc(C(=O)N2CCCCO2)c1. The molecular weight excluding hydrogens is 190 g/mol. The third kappa shape index (κ3) is 2.36. The van der Waals surface area contributed by atoms with Crippen molar-refractivity contribution in [2.45, 2.75) is 19.8 Å². The largest absolute Gasteiger partial charge is 0.277 e. The van der Waals surface area contributed by atoms with Gasteiger partial charge in [0.25, 0.3) is 5.91 Å². The Bertz CT molecular complexity index is 356. The molecular formula is C12H15NO2. The summed E-state index contributed by atoms with van der Waals surface area (Å²) in [5, 5.41) is 1.47. The molecule has 1 aliphatic heterocycles. The van der Waals surface area contributed by atoms with Crippen molar-refractivity contribution in [2.24, 2.45) is 0 Å². The van der Waals surface area contributed by atoms with Crippen molar-refractivity contribution in [2.75, 3.05) is 13.2 Å². The molecule has 0 aliphatic carbocycles. The van der Waals surface area contributed by atoms with E-state index in [4.69, 9.17) is 4.84 Å². The van der Waals surface area contributed by atoms with Gasteiger partial charge in [0.05, 0.1) is 6.61 Å². The van der Waals surface area contributed by atoms with Crippen molar-refractivity contribution < 1.29 is 9.63 Å². The second-order valence-electron chi connectivity index (χ2n) is 3.82. The first kappa shape index (κ1) is 10.2. The summed E-state index contributed by atoms with van der Waals surface area (Å²) < 4.78 is 0. The molecule has 0 spiro atoms. The Morgan fingerprint density at radius 1 is 1.40 bits per heavy atom. The summed E-state index contributed by atoms with van der Waals surface area (Å²) in [5.41, 5.74) is 1.80. The minimum absolute atomic E-state index is 0.0293. The van der Waals surface area contributed by atoms with Gasteiger partial charge in [0, 0.05) is 12.1 Å². The number of aryl methyl sites for hydroxylation is 1. The fourth-order valence-electron chi connectivity index (χ4n) is 1.68. The summed E-state index contributed by atoms with van der Waals surface area (Å²) in [5.74, 6) is -0.0293. The summed E-state index contributed by atoms with van der Waals surface area (Å²) in [6, 6.07) is 7.59. The molecule has 1 fully saturated rings. The number of hydrogen-bond donors (Lipinski definition) is 0. The first-order valence-electron chi connectivity index (χ1n) is 5.29. The Morgan fingerprint density at radius 2 is 2.27 bits per heavy atom. The molecule has 1 heterocycles. The molecule has 1 aromatic carbocycles. The molecule has 0 radical (unpaired) electrons. The molecule has 0 bridgehead atoms. The fraction of sp³-hybridized carbons (Fsp3) is 0.417. The van der Waals surface area contributed by atoms with Gasteiger partial charge < -0.3 is 0 Å². The lowest BCUT2D eigenvalue weighted by molar-refractivity contribution is -0.144. The van der Waals surface area contributed by atoms with Gasteiger partial charge in [-0.15, -0.1) is 0 Å². The number of nitrogens with zero attached hydrogens (tertiary/aromatic N) is 1. The van der Waals surface area contributed by atoms with Crippen LogP contribution in [0.5, 0.6) is 0 Å². The summed E-state index contributed by atoms with van der Waals surface area (Å²) in [6.07, 6.45) is 2.06. The van der Waals surface area contributed by atoms with E-state index >= 15 is 0 Å². The monoisotopic (exact) mass is 205 g/mol. The van der Waals surface area contributed by atoms with Crippen molar-refractivity contribution in [3.63, 3.8) is 0 Å². The van der Waals surface area contributed by atoms with E-state index in [2.05, 4.69) is 0 Å². The molecule has 3 nitrogen and oxygen atoms in total. The molecule has 15 heavy (non-hydrogen) atoms. The Morgan fingerprint density at radius 3 is 2.93 bits per heavy atom. The Hall–Kier alpha value is -1.35. The predicted octanol–water partition coefficient (Wildman–Crippen LogP) is 2.16. The fourth-order valence-corrected chi connectivity index (χ4v) is 1.68. The molecule has 1 amide bonds. The Kier molecular flexibility index (Phi) is 3.02. The van der Waals surface area contributed by atoms with E-state index in [1.54, 1.807) is 0 Å². The molecule has 0 unspecified atom stereocenters. The number of amides is 1. The summed E-state index contributed by atoms with van der Waals surface area (Å²) in [6.45, 7) is 3.33. The third-order valence-corrected chi connectivity index (χ3v) is 2.49. The maximum absolute atomic E-state index is 12.0. The third-order valence-electron chi connectivity index (χ3n) is 2.49. The van der Waals surface area contributed by atoms with Gasteiger partial charge in [-0.05, 0) is 31.9 Å². The quantitative estimate of drug-likeness (QED) is 0.703. The van der Waals surface area contributed by atoms with E-state index in [1.165, 1.54) is 5.06 Å². The second-order valence-corrected chi connectivity index (χ2v) is 3.82. The van der Waals surface area contributed by atoms with Crippen molar-refractivity contribution in [3.8, 4) is 0 Å². The van der Waals surface area contributed by atoms with Crippen LogP contribution in [0.15, 0.2) is 24.3 Å². The zero-order chi connectivity index (χ0) is 10.7. The first-order valence-corrected chi connectivity index (χ1v) is 5.29. The van der Waals surface area contributed by atoms with Gasteiger partial charge >= 0.3 is 0 Å². The highest BCUT2D eigenvalue weighted by Crippen LogP contribution is 2.12. The first-order chi connectivity index (χ1) is 7.27. The maximum atomic E-state index is 12.0. The number of hydrogen-bond acceptors (Lipinski definition) is 2. The average Bonchev–Trinajstić information content (AvgIpc) is 2.29. The van der Waals surface area contributed by atoms with Crippen LogP contribution >= 0.6 is 0 Å². The minimum atomic E-state index is -0.0293. The van der Waals surface area contributed by atoms with E-state index in [-0.39, 0.29) is 5.91 Å². The minimum Gasteiger partial charge on any atom is -0.271 e. The lowest BCUT2D eigenvalue weighted by atomic mass is 10.1. The van der Waals surface area contributed by atoms with E-state index < -0.39 is 0 Å². The predicted molar refractivity (Wildman–Crippen MR) is 57.4 cm³/mol. The number of carbonyl (C=O) groups is 1. The molecule has 2 rings (SSSR count). The van der Waals surface area contributed by atoms with Gasteiger partial charge in [0.1, 0.15) is 0 Å². The van der Waals surface area contributed by atoms with Crippen molar-refractivity contribution in [3.05, 3.63) is 35.4 Å². The highest BCUT2D eigenvalue weighted by molar-refractivity contribution is 5.93. The standard InChI is InChI=1S/C12H15NO2/c1-10-5-4-6-11(9-10)12(14)13-7-2-3-8-15-13/h4-6,9H,2-3,7-8H2,1H3. The van der Waals surface area contributed by atoms with Gasteiger partial charge in [0.2, 0.25) is 0 Å². The zero-order valence-corrected chi connectivity index (χ0v) is 8.90.